The quantitative estimate of drug-likeness (QED) is 0.811. The van der Waals surface area contributed by atoms with Crippen molar-refractivity contribution in [2.45, 2.75) is 45.1 Å². The van der Waals surface area contributed by atoms with Gasteiger partial charge in [0.2, 0.25) is 0 Å². The Hall–Kier alpha value is -2.49. The molecule has 0 aromatic heterocycles. The maximum absolute atomic E-state index is 12.4. The molecule has 138 valence electrons. The van der Waals surface area contributed by atoms with Crippen LogP contribution in [0, 0.1) is 0 Å². The van der Waals surface area contributed by atoms with Crippen LogP contribution < -0.4 is 14.8 Å². The van der Waals surface area contributed by atoms with Crippen LogP contribution in [-0.4, -0.2) is 19.6 Å². The third kappa shape index (κ3) is 4.37. The van der Waals surface area contributed by atoms with Crippen LogP contribution in [-0.2, 0) is 17.6 Å². The second-order valence-electron chi connectivity index (χ2n) is 6.69. The Kier molecular flexibility index (Phi) is 6.16. The Morgan fingerprint density at radius 3 is 2.62 bits per heavy atom. The lowest BCUT2D eigenvalue weighted by Crippen LogP contribution is -2.32. The van der Waals surface area contributed by atoms with Gasteiger partial charge >= 0.3 is 0 Å². The van der Waals surface area contributed by atoms with E-state index < -0.39 is 0 Å². The van der Waals surface area contributed by atoms with E-state index in [9.17, 15) is 4.79 Å². The van der Waals surface area contributed by atoms with Crippen molar-refractivity contribution < 1.29 is 14.3 Å². The van der Waals surface area contributed by atoms with E-state index in [2.05, 4.69) is 18.3 Å². The molecule has 2 aromatic carbocycles. The zero-order valence-corrected chi connectivity index (χ0v) is 15.6. The molecule has 2 aromatic rings. The Morgan fingerprint density at radius 2 is 1.88 bits per heavy atom. The molecule has 1 amide bonds. The van der Waals surface area contributed by atoms with E-state index in [-0.39, 0.29) is 18.6 Å². The van der Waals surface area contributed by atoms with Crippen LogP contribution >= 0.6 is 0 Å². The molecule has 1 aliphatic carbocycles. The average Bonchev–Trinajstić information content (AvgIpc) is 2.70. The normalized spacial score (nSPS) is 14.2. The summed E-state index contributed by atoms with van der Waals surface area (Å²) in [6.45, 7) is 2.10. The molecule has 0 saturated carbocycles. The average molecular weight is 353 g/mol. The van der Waals surface area contributed by atoms with Gasteiger partial charge in [0, 0.05) is 0 Å². The predicted octanol–water partition coefficient (Wildman–Crippen LogP) is 4.22. The van der Waals surface area contributed by atoms with Crippen molar-refractivity contribution in [1.29, 1.82) is 0 Å². The van der Waals surface area contributed by atoms with Crippen LogP contribution in [0.5, 0.6) is 11.5 Å². The summed E-state index contributed by atoms with van der Waals surface area (Å²) in [6.07, 6.45) is 5.38. The first-order valence-corrected chi connectivity index (χ1v) is 9.38. The lowest BCUT2D eigenvalue weighted by atomic mass is 9.91. The molecule has 0 unspecified atom stereocenters. The largest absolute Gasteiger partial charge is 0.497 e. The molecule has 1 atom stereocenters. The summed E-state index contributed by atoms with van der Waals surface area (Å²) < 4.78 is 11.0. The molecule has 0 saturated heterocycles. The first kappa shape index (κ1) is 18.3. The van der Waals surface area contributed by atoms with Crippen LogP contribution in [0.1, 0.15) is 48.9 Å². The summed E-state index contributed by atoms with van der Waals surface area (Å²) in [7, 11) is 1.65. The zero-order chi connectivity index (χ0) is 18.4. The van der Waals surface area contributed by atoms with Gasteiger partial charge in [-0.25, -0.2) is 0 Å². The monoisotopic (exact) mass is 353 g/mol. The Labute approximate surface area is 155 Å². The van der Waals surface area contributed by atoms with Gasteiger partial charge in [-0.3, -0.25) is 4.79 Å². The molecule has 0 radical (unpaired) electrons. The number of carbonyl (C=O) groups is 1. The van der Waals surface area contributed by atoms with Crippen molar-refractivity contribution in [2.24, 2.45) is 0 Å². The van der Waals surface area contributed by atoms with Gasteiger partial charge in [-0.1, -0.05) is 31.2 Å². The third-order valence-electron chi connectivity index (χ3n) is 4.97. The van der Waals surface area contributed by atoms with Crippen molar-refractivity contribution in [3.63, 3.8) is 0 Å². The number of rotatable bonds is 7. The lowest BCUT2D eigenvalue weighted by molar-refractivity contribution is -0.123. The van der Waals surface area contributed by atoms with Crippen molar-refractivity contribution in [1.82, 2.24) is 5.32 Å². The minimum absolute atomic E-state index is 0.0262. The van der Waals surface area contributed by atoms with Crippen molar-refractivity contribution >= 4 is 5.91 Å². The number of aryl methyl sites for hydroxylation is 1. The van der Waals surface area contributed by atoms with Gasteiger partial charge in [0.05, 0.1) is 13.2 Å². The van der Waals surface area contributed by atoms with Gasteiger partial charge in [0.1, 0.15) is 11.5 Å². The number of benzene rings is 2. The fourth-order valence-corrected chi connectivity index (χ4v) is 3.52. The summed E-state index contributed by atoms with van der Waals surface area (Å²) in [5.41, 5.74) is 3.70. The lowest BCUT2D eigenvalue weighted by Gasteiger charge is -2.21. The maximum Gasteiger partial charge on any atom is 0.258 e. The first-order chi connectivity index (χ1) is 12.7. The number of amides is 1. The number of fused-ring (bicyclic) bond motifs is 1. The fourth-order valence-electron chi connectivity index (χ4n) is 3.52. The standard InChI is InChI=1S/C22H27NO3/c1-3-20(17-11-13-18(25-2)14-12-17)23-22(24)15-26-21-10-6-8-16-7-4-5-9-19(16)21/h6,8,10-14,20H,3-5,7,9,15H2,1-2H3,(H,23,24)/t20-/m0/s1. The van der Waals surface area contributed by atoms with Crippen LogP contribution in [0.3, 0.4) is 0 Å². The highest BCUT2D eigenvalue weighted by atomic mass is 16.5. The summed E-state index contributed by atoms with van der Waals surface area (Å²) >= 11 is 0. The van der Waals surface area contributed by atoms with Gasteiger partial charge < -0.3 is 14.8 Å². The number of carbonyl (C=O) groups excluding carboxylic acids is 1. The first-order valence-electron chi connectivity index (χ1n) is 9.38. The van der Waals surface area contributed by atoms with Gasteiger partial charge in [-0.15, -0.1) is 0 Å². The predicted molar refractivity (Wildman–Crippen MR) is 103 cm³/mol. The molecule has 0 aliphatic heterocycles. The van der Waals surface area contributed by atoms with Gasteiger partial charge in [-0.2, -0.15) is 0 Å². The molecular weight excluding hydrogens is 326 g/mol. The molecule has 1 N–H and O–H groups in total. The number of ether oxygens (including phenoxy) is 2. The highest BCUT2D eigenvalue weighted by Crippen LogP contribution is 2.29. The molecule has 0 heterocycles. The van der Waals surface area contributed by atoms with E-state index >= 15 is 0 Å². The molecule has 26 heavy (non-hydrogen) atoms. The van der Waals surface area contributed by atoms with Crippen LogP contribution in [0.15, 0.2) is 42.5 Å². The van der Waals surface area contributed by atoms with E-state index in [1.54, 1.807) is 7.11 Å². The Bertz CT molecular complexity index is 740. The maximum atomic E-state index is 12.4. The molecule has 0 bridgehead atoms. The Balaban J connectivity index is 1.59. The van der Waals surface area contributed by atoms with Crippen molar-refractivity contribution in [2.75, 3.05) is 13.7 Å². The number of hydrogen-bond donors (Lipinski definition) is 1. The van der Waals surface area contributed by atoms with Gasteiger partial charge in [0.25, 0.3) is 5.91 Å². The molecule has 0 fully saturated rings. The number of hydrogen-bond acceptors (Lipinski definition) is 3. The van der Waals surface area contributed by atoms with E-state index in [4.69, 9.17) is 9.47 Å². The second-order valence-corrected chi connectivity index (χ2v) is 6.69. The summed E-state index contributed by atoms with van der Waals surface area (Å²) in [5, 5.41) is 3.07. The minimum Gasteiger partial charge on any atom is -0.497 e. The van der Waals surface area contributed by atoms with Gasteiger partial charge in [0.15, 0.2) is 6.61 Å². The van der Waals surface area contributed by atoms with Crippen molar-refractivity contribution in [3.05, 3.63) is 59.2 Å². The van der Waals surface area contributed by atoms with Crippen LogP contribution in [0.25, 0.3) is 0 Å². The molecule has 1 aliphatic rings. The van der Waals surface area contributed by atoms with Gasteiger partial charge in [-0.05, 0) is 67.0 Å². The third-order valence-corrected chi connectivity index (χ3v) is 4.97. The van der Waals surface area contributed by atoms with E-state index in [1.807, 2.05) is 36.4 Å². The molecule has 0 spiro atoms. The highest BCUT2D eigenvalue weighted by molar-refractivity contribution is 5.78. The molecule has 4 heteroatoms. The molecule has 4 nitrogen and oxygen atoms in total. The molecule has 3 rings (SSSR count). The van der Waals surface area contributed by atoms with Crippen LogP contribution in [0.2, 0.25) is 0 Å². The highest BCUT2D eigenvalue weighted by Gasteiger charge is 2.16. The summed E-state index contributed by atoms with van der Waals surface area (Å²) in [5.74, 6) is 1.57. The molecular formula is C22H27NO3. The SMILES string of the molecule is CC[C@H](NC(=O)COc1cccc2c1CCCC2)c1ccc(OC)cc1. The summed E-state index contributed by atoms with van der Waals surface area (Å²) in [6, 6.07) is 13.9. The van der Waals surface area contributed by atoms with E-state index in [0.717, 1.165) is 36.3 Å². The summed E-state index contributed by atoms with van der Waals surface area (Å²) in [4.78, 5) is 12.4. The van der Waals surface area contributed by atoms with Crippen molar-refractivity contribution in [3.8, 4) is 11.5 Å². The van der Waals surface area contributed by atoms with Crippen LogP contribution in [0.4, 0.5) is 0 Å². The number of methoxy groups -OCH3 is 1. The smallest absolute Gasteiger partial charge is 0.258 e. The Morgan fingerprint density at radius 1 is 1.12 bits per heavy atom. The minimum atomic E-state index is -0.0962. The topological polar surface area (TPSA) is 47.6 Å². The van der Waals surface area contributed by atoms with E-state index in [1.165, 1.54) is 24.0 Å². The fraction of sp³-hybridized carbons (Fsp3) is 0.409. The second kappa shape index (κ2) is 8.75. The van der Waals surface area contributed by atoms with E-state index in [0.29, 0.717) is 0 Å². The zero-order valence-electron chi connectivity index (χ0n) is 15.6. The number of nitrogens with one attached hydrogen (secondary N) is 1.